The molecule has 0 aliphatic heterocycles. The Morgan fingerprint density at radius 3 is 0.859 bits per heavy atom. The zero-order chi connectivity index (χ0) is 56.4. The number of esters is 3. The van der Waals surface area contributed by atoms with Crippen LogP contribution in [-0.4, -0.2) is 37.2 Å². The molecule has 0 aliphatic carbocycles. The summed E-state index contributed by atoms with van der Waals surface area (Å²) in [7, 11) is 0. The topological polar surface area (TPSA) is 78.9 Å². The predicted octanol–water partition coefficient (Wildman–Crippen LogP) is 21.9. The first-order valence-electron chi connectivity index (χ1n) is 31.8. The van der Waals surface area contributed by atoms with E-state index < -0.39 is 6.10 Å². The van der Waals surface area contributed by atoms with Gasteiger partial charge in [-0.2, -0.15) is 0 Å². The van der Waals surface area contributed by atoms with Crippen LogP contribution in [0.5, 0.6) is 0 Å². The summed E-state index contributed by atoms with van der Waals surface area (Å²) in [6.45, 7) is 6.40. The summed E-state index contributed by atoms with van der Waals surface area (Å²) in [6, 6.07) is 0. The molecule has 0 rings (SSSR count). The summed E-state index contributed by atoms with van der Waals surface area (Å²) >= 11 is 0. The molecule has 0 aliphatic rings. The van der Waals surface area contributed by atoms with Crippen LogP contribution in [0.3, 0.4) is 0 Å². The van der Waals surface area contributed by atoms with Crippen LogP contribution in [0, 0.1) is 0 Å². The minimum absolute atomic E-state index is 0.0991. The average molecular weight is 1080 g/mol. The highest BCUT2D eigenvalue weighted by Crippen LogP contribution is 2.14. The van der Waals surface area contributed by atoms with Crippen LogP contribution in [0.25, 0.3) is 0 Å². The second-order valence-electron chi connectivity index (χ2n) is 20.6. The molecule has 0 bridgehead atoms. The third-order valence-electron chi connectivity index (χ3n) is 13.0. The van der Waals surface area contributed by atoms with Crippen LogP contribution >= 0.6 is 0 Å². The Morgan fingerprint density at radius 1 is 0.269 bits per heavy atom. The summed E-state index contributed by atoms with van der Waals surface area (Å²) in [4.78, 5) is 38.2. The van der Waals surface area contributed by atoms with Crippen molar-refractivity contribution < 1.29 is 28.6 Å². The second kappa shape index (κ2) is 64.8. The first-order valence-corrected chi connectivity index (χ1v) is 31.8. The van der Waals surface area contributed by atoms with Gasteiger partial charge in [0, 0.05) is 19.3 Å². The van der Waals surface area contributed by atoms with E-state index in [4.69, 9.17) is 14.2 Å². The maximum absolute atomic E-state index is 12.9. The summed E-state index contributed by atoms with van der Waals surface area (Å²) in [5.74, 6) is -0.950. The molecule has 6 heteroatoms. The predicted molar refractivity (Wildman–Crippen MR) is 339 cm³/mol. The molecule has 0 aromatic heterocycles. The fourth-order valence-corrected chi connectivity index (χ4v) is 8.29. The average Bonchev–Trinajstić information content (AvgIpc) is 3.44. The van der Waals surface area contributed by atoms with E-state index >= 15 is 0 Å². The van der Waals surface area contributed by atoms with Crippen molar-refractivity contribution in [3.05, 3.63) is 146 Å². The van der Waals surface area contributed by atoms with E-state index in [1.54, 1.807) is 0 Å². The van der Waals surface area contributed by atoms with Crippen molar-refractivity contribution in [1.29, 1.82) is 0 Å². The molecule has 0 aromatic rings. The molecule has 0 saturated carbocycles. The van der Waals surface area contributed by atoms with Crippen LogP contribution in [0.15, 0.2) is 146 Å². The SMILES string of the molecule is CC/C=C\C/C=C\C/C=C\C/C=C\C/C=C\C/C=C\C/C=C\C/C=C\C/C=C\CCCCCC(=O)OCC(COC(=O)CCCCCCC/C=C\CCC)OC(=O)CCCCCCCCCCC/C=C\C/C=C\CCCCC. The summed E-state index contributed by atoms with van der Waals surface area (Å²) in [5.41, 5.74) is 0. The van der Waals surface area contributed by atoms with E-state index in [9.17, 15) is 14.4 Å². The second-order valence-corrected chi connectivity index (χ2v) is 20.6. The van der Waals surface area contributed by atoms with E-state index in [0.29, 0.717) is 19.3 Å². The number of hydrogen-bond donors (Lipinski definition) is 0. The monoisotopic (exact) mass is 1080 g/mol. The zero-order valence-corrected chi connectivity index (χ0v) is 50.4. The largest absolute Gasteiger partial charge is 0.462 e. The molecule has 0 aromatic carbocycles. The Balaban J connectivity index is 4.35. The molecule has 440 valence electrons. The van der Waals surface area contributed by atoms with Crippen molar-refractivity contribution in [3.63, 3.8) is 0 Å². The summed E-state index contributed by atoms with van der Waals surface area (Å²) < 4.78 is 16.8. The van der Waals surface area contributed by atoms with Crippen molar-refractivity contribution in [3.8, 4) is 0 Å². The lowest BCUT2D eigenvalue weighted by molar-refractivity contribution is -0.167. The van der Waals surface area contributed by atoms with Gasteiger partial charge in [0.15, 0.2) is 6.10 Å². The quantitative estimate of drug-likeness (QED) is 0.0261. The summed E-state index contributed by atoms with van der Waals surface area (Å²) in [5, 5.41) is 0. The lowest BCUT2D eigenvalue weighted by Crippen LogP contribution is -2.30. The first kappa shape index (κ1) is 73.3. The minimum atomic E-state index is -0.803. The third kappa shape index (κ3) is 62.1. The smallest absolute Gasteiger partial charge is 0.306 e. The van der Waals surface area contributed by atoms with Crippen molar-refractivity contribution >= 4 is 17.9 Å². The first-order chi connectivity index (χ1) is 38.5. The Labute approximate surface area is 480 Å². The highest BCUT2D eigenvalue weighted by Gasteiger charge is 2.19. The van der Waals surface area contributed by atoms with Gasteiger partial charge in [-0.1, -0.05) is 256 Å². The minimum Gasteiger partial charge on any atom is -0.462 e. The summed E-state index contributed by atoms with van der Waals surface area (Å²) in [6.07, 6.45) is 92.9. The molecule has 0 saturated heterocycles. The molecule has 1 atom stereocenters. The van der Waals surface area contributed by atoms with Crippen molar-refractivity contribution in [2.24, 2.45) is 0 Å². The van der Waals surface area contributed by atoms with E-state index in [0.717, 1.165) is 148 Å². The van der Waals surface area contributed by atoms with Gasteiger partial charge in [0.1, 0.15) is 13.2 Å². The maximum atomic E-state index is 12.9. The van der Waals surface area contributed by atoms with E-state index in [1.165, 1.54) is 83.5 Å². The molecule has 0 spiro atoms. The van der Waals surface area contributed by atoms with E-state index in [2.05, 4.69) is 167 Å². The van der Waals surface area contributed by atoms with Gasteiger partial charge in [-0.05, 0) is 141 Å². The number of ether oxygens (including phenoxy) is 3. The molecule has 0 N–H and O–H groups in total. The van der Waals surface area contributed by atoms with Gasteiger partial charge >= 0.3 is 17.9 Å². The number of carbonyl (C=O) groups excluding carboxylic acids is 3. The van der Waals surface area contributed by atoms with Crippen molar-refractivity contribution in [2.75, 3.05) is 13.2 Å². The van der Waals surface area contributed by atoms with Crippen LogP contribution in [0.2, 0.25) is 0 Å². The molecule has 0 amide bonds. The molecule has 1 unspecified atom stereocenters. The Hall–Kier alpha value is -4.71. The lowest BCUT2D eigenvalue weighted by atomic mass is 10.1. The highest BCUT2D eigenvalue weighted by atomic mass is 16.6. The Morgan fingerprint density at radius 2 is 0.526 bits per heavy atom. The van der Waals surface area contributed by atoms with Gasteiger partial charge in [0.05, 0.1) is 0 Å². The van der Waals surface area contributed by atoms with Gasteiger partial charge in [0.25, 0.3) is 0 Å². The highest BCUT2D eigenvalue weighted by molar-refractivity contribution is 5.71. The molecule has 0 heterocycles. The fraction of sp³-hybridized carbons (Fsp3) is 0.625. The number of allylic oxidation sites excluding steroid dienone is 24. The van der Waals surface area contributed by atoms with E-state index in [-0.39, 0.29) is 31.1 Å². The molecule has 78 heavy (non-hydrogen) atoms. The Bertz CT molecular complexity index is 1710. The number of rotatable bonds is 56. The normalized spacial score (nSPS) is 13.1. The van der Waals surface area contributed by atoms with Crippen LogP contribution in [0.4, 0.5) is 0 Å². The Kier molecular flexibility index (Phi) is 60.9. The van der Waals surface area contributed by atoms with E-state index in [1.807, 2.05) is 0 Å². The molecule has 0 fully saturated rings. The van der Waals surface area contributed by atoms with Crippen molar-refractivity contribution in [1.82, 2.24) is 0 Å². The van der Waals surface area contributed by atoms with Gasteiger partial charge in [-0.3, -0.25) is 14.4 Å². The van der Waals surface area contributed by atoms with Gasteiger partial charge < -0.3 is 14.2 Å². The molecule has 6 nitrogen and oxygen atoms in total. The molecule has 0 radical (unpaired) electrons. The number of unbranched alkanes of at least 4 members (excludes halogenated alkanes) is 21. The van der Waals surface area contributed by atoms with Crippen LogP contribution in [-0.2, 0) is 28.6 Å². The van der Waals surface area contributed by atoms with Gasteiger partial charge in [0.2, 0.25) is 0 Å². The number of hydrogen-bond acceptors (Lipinski definition) is 6. The fourth-order valence-electron chi connectivity index (χ4n) is 8.29. The lowest BCUT2D eigenvalue weighted by Gasteiger charge is -2.18. The number of carbonyl (C=O) groups is 3. The molecular weight excluding hydrogens is 961 g/mol. The van der Waals surface area contributed by atoms with Gasteiger partial charge in [-0.25, -0.2) is 0 Å². The van der Waals surface area contributed by atoms with Crippen LogP contribution < -0.4 is 0 Å². The standard InChI is InChI=1S/C72H116O6/c1-4-7-10-13-16-19-22-24-26-28-30-31-32-33-34-35-36-37-38-39-40-41-43-44-46-48-50-53-56-59-62-65-71(74)77-68-69(67-76-70(73)64-61-58-55-52-21-18-15-12-9-6-3)78-72(75)66-63-60-57-54-51-49-47-45-42-29-27-25-23-20-17-14-11-8-5-2/h7,10,12,15-17,19-20,24-27,30-31,33-34,36-37,39-40,43-44,48,50,69H,4-6,8-9,11,13-14,18,21-23,28-29,32,35,38,41-42,45-47,49,51-68H2,1-3H3/b10-7-,15-12-,19-16-,20-17-,26-24-,27-25-,31-30-,34-33-,37-36-,40-39-,44-43-,50-48-. The third-order valence-corrected chi connectivity index (χ3v) is 13.0. The van der Waals surface area contributed by atoms with Crippen molar-refractivity contribution in [2.45, 2.75) is 277 Å². The molecular formula is C72H116O6. The maximum Gasteiger partial charge on any atom is 0.306 e. The van der Waals surface area contributed by atoms with Gasteiger partial charge in [-0.15, -0.1) is 0 Å². The zero-order valence-electron chi connectivity index (χ0n) is 50.4. The van der Waals surface area contributed by atoms with Crippen LogP contribution in [0.1, 0.15) is 271 Å².